The van der Waals surface area contributed by atoms with Gasteiger partial charge in [-0.05, 0) is 54.6 Å². The molecule has 1 aliphatic carbocycles. The normalized spacial score (nSPS) is 18.7. The van der Waals surface area contributed by atoms with Crippen molar-refractivity contribution in [1.29, 1.82) is 5.41 Å². The second-order valence-corrected chi connectivity index (χ2v) is 7.66. The van der Waals surface area contributed by atoms with E-state index in [0.29, 0.717) is 12.0 Å². The summed E-state index contributed by atoms with van der Waals surface area (Å²) in [6.45, 7) is -0.932. The molecule has 0 heterocycles. The molecule has 0 spiro atoms. The number of aliphatic hydroxyl groups excluding tert-OH is 1. The minimum atomic E-state index is -1.75. The van der Waals surface area contributed by atoms with E-state index in [2.05, 4.69) is 10.3 Å². The average molecular weight is 478 g/mol. The van der Waals surface area contributed by atoms with Gasteiger partial charge >= 0.3 is 0 Å². The number of alkyl halides is 2. The van der Waals surface area contributed by atoms with Crippen LogP contribution in [0, 0.1) is 11.2 Å². The van der Waals surface area contributed by atoms with E-state index in [9.17, 15) is 18.7 Å². The summed E-state index contributed by atoms with van der Waals surface area (Å²) in [6.07, 6.45) is 7.22. The van der Waals surface area contributed by atoms with Gasteiger partial charge in [0.15, 0.2) is 0 Å². The van der Waals surface area contributed by atoms with E-state index < -0.39 is 35.9 Å². The van der Waals surface area contributed by atoms with Gasteiger partial charge in [0.05, 0.1) is 30.3 Å². The molecular weight excluding hydrogens is 452 g/mol. The van der Waals surface area contributed by atoms with E-state index >= 15 is 0 Å². The molecule has 2 rings (SSSR count). The lowest BCUT2D eigenvalue weighted by molar-refractivity contribution is -0.118. The van der Waals surface area contributed by atoms with Gasteiger partial charge in [-0.2, -0.15) is 0 Å². The van der Waals surface area contributed by atoms with Gasteiger partial charge in [-0.25, -0.2) is 8.78 Å². The number of amides is 1. The second kappa shape index (κ2) is 12.7. The number of allylic oxidation sites excluding steroid dienone is 4. The number of carbonyl (C=O) groups excluding carboxylic acids is 1. The number of benzene rings is 1. The average Bonchev–Trinajstić information content (AvgIpc) is 2.80. The van der Waals surface area contributed by atoms with Gasteiger partial charge in [-0.1, -0.05) is 12.2 Å². The first-order chi connectivity index (χ1) is 15.8. The van der Waals surface area contributed by atoms with E-state index in [-0.39, 0.29) is 29.1 Å². The second-order valence-electron chi connectivity index (χ2n) is 7.13. The summed E-state index contributed by atoms with van der Waals surface area (Å²) in [4.78, 5) is 16.9. The smallest absolute Gasteiger partial charge is 0.252 e. The summed E-state index contributed by atoms with van der Waals surface area (Å²) in [5.41, 5.74) is 12.3. The Balaban J connectivity index is 2.32. The van der Waals surface area contributed by atoms with Crippen LogP contribution in [0.2, 0.25) is 0 Å². The Morgan fingerprint density at radius 1 is 1.39 bits per heavy atom. The van der Waals surface area contributed by atoms with Gasteiger partial charge in [0.2, 0.25) is 0 Å². The Morgan fingerprint density at radius 3 is 2.73 bits per heavy atom. The summed E-state index contributed by atoms with van der Waals surface area (Å²) in [7, 11) is 0. The summed E-state index contributed by atoms with van der Waals surface area (Å²) in [5.74, 6) is -1.09. The molecule has 0 saturated heterocycles. The number of rotatable bonds is 10. The number of nitrogens with two attached hydrogens (primary N) is 2. The van der Waals surface area contributed by atoms with Crippen LogP contribution in [0.25, 0.3) is 0 Å². The van der Waals surface area contributed by atoms with Crippen molar-refractivity contribution in [3.05, 3.63) is 83.0 Å². The summed E-state index contributed by atoms with van der Waals surface area (Å²) in [5, 5.41) is 19.3. The number of aliphatic hydroxyl groups is 1. The zero-order valence-electron chi connectivity index (χ0n) is 17.7. The zero-order chi connectivity index (χ0) is 24.4. The van der Waals surface area contributed by atoms with Crippen molar-refractivity contribution >= 4 is 29.4 Å². The first kappa shape index (κ1) is 26.0. The van der Waals surface area contributed by atoms with Gasteiger partial charge < -0.3 is 27.3 Å². The van der Waals surface area contributed by atoms with Crippen LogP contribution in [-0.2, 0) is 4.79 Å². The molecular formula is C23H26ClF2N5O2. The molecule has 1 amide bonds. The minimum absolute atomic E-state index is 0.00227. The number of carbonyl (C=O) groups is 1. The molecule has 3 atom stereocenters. The fourth-order valence-corrected chi connectivity index (χ4v) is 3.42. The van der Waals surface area contributed by atoms with Gasteiger partial charge in [0.25, 0.3) is 5.91 Å². The molecule has 33 heavy (non-hydrogen) atoms. The van der Waals surface area contributed by atoms with Crippen LogP contribution in [0.4, 0.5) is 8.78 Å². The predicted octanol–water partition coefficient (Wildman–Crippen LogP) is 2.26. The van der Waals surface area contributed by atoms with Crippen LogP contribution >= 0.6 is 11.6 Å². The fraction of sp³-hybridized carbons (Fsp3) is 0.261. The molecule has 1 aromatic rings. The number of hydrogen-bond acceptors (Lipinski definition) is 6. The zero-order valence-corrected chi connectivity index (χ0v) is 18.5. The molecule has 0 aliphatic heterocycles. The molecule has 0 bridgehead atoms. The summed E-state index contributed by atoms with van der Waals surface area (Å²) < 4.78 is 27.4. The van der Waals surface area contributed by atoms with Crippen LogP contribution in [0.15, 0.2) is 76.6 Å². The van der Waals surface area contributed by atoms with Crippen molar-refractivity contribution in [3.8, 4) is 0 Å². The van der Waals surface area contributed by atoms with Gasteiger partial charge in [0, 0.05) is 23.1 Å². The van der Waals surface area contributed by atoms with Crippen molar-refractivity contribution in [3.63, 3.8) is 0 Å². The van der Waals surface area contributed by atoms with E-state index in [0.717, 1.165) is 0 Å². The number of nitrogens with one attached hydrogen (secondary N) is 2. The predicted molar refractivity (Wildman–Crippen MR) is 127 cm³/mol. The van der Waals surface area contributed by atoms with E-state index in [4.69, 9.17) is 28.5 Å². The van der Waals surface area contributed by atoms with Crippen molar-refractivity contribution in [2.75, 3.05) is 13.2 Å². The number of aliphatic imine (C=N–C) groups is 1. The van der Waals surface area contributed by atoms with E-state index in [1.807, 2.05) is 0 Å². The lowest BCUT2D eigenvalue weighted by Gasteiger charge is -2.24. The maximum Gasteiger partial charge on any atom is 0.252 e. The highest BCUT2D eigenvalue weighted by molar-refractivity contribution is 6.24. The van der Waals surface area contributed by atoms with Gasteiger partial charge in [-0.3, -0.25) is 9.79 Å². The van der Waals surface area contributed by atoms with E-state index in [1.54, 1.807) is 6.08 Å². The highest BCUT2D eigenvalue weighted by Gasteiger charge is 2.28. The number of halogens is 3. The standard InChI is InChI=1S/C23H26ClF2N5O2/c24-17-4-1-3-16(23(33)31-21(18(26)13-32)12-30-10-2-9-27)22(17)20(29)11-19(28)14-5-7-15(25)8-6-14/h1-3,5-11,17-18,21,28,32H,4,12-13,27,29H2,(H,31,33)/t17?,18-,21-/m1/s1. The molecule has 176 valence electrons. The fourth-order valence-electron chi connectivity index (χ4n) is 3.07. The monoisotopic (exact) mass is 477 g/mol. The lowest BCUT2D eigenvalue weighted by atomic mass is 9.92. The minimum Gasteiger partial charge on any atom is -0.405 e. The third-order valence-electron chi connectivity index (χ3n) is 4.77. The van der Waals surface area contributed by atoms with Crippen LogP contribution in [0.3, 0.4) is 0 Å². The van der Waals surface area contributed by atoms with Crippen molar-refractivity contribution < 1.29 is 18.7 Å². The Hall–Kier alpha value is -3.30. The molecule has 1 aliphatic rings. The summed E-state index contributed by atoms with van der Waals surface area (Å²) in [6, 6.07) is 4.21. The van der Waals surface area contributed by atoms with Crippen molar-refractivity contribution in [1.82, 2.24) is 5.32 Å². The van der Waals surface area contributed by atoms with E-state index in [1.165, 1.54) is 54.9 Å². The molecule has 0 radical (unpaired) electrons. The molecule has 1 aromatic carbocycles. The van der Waals surface area contributed by atoms with Crippen LogP contribution < -0.4 is 16.8 Å². The SMILES string of the molecule is N=C(C=C(N)C1=C(C(=O)N[C@H](CN=CC=CN)[C@H](F)CO)C=CCC1Cl)c1ccc(F)cc1. The Morgan fingerprint density at radius 2 is 2.09 bits per heavy atom. The molecule has 0 aromatic heterocycles. The Kier molecular flexibility index (Phi) is 9.96. The highest BCUT2D eigenvalue weighted by atomic mass is 35.5. The van der Waals surface area contributed by atoms with Crippen molar-refractivity contribution in [2.45, 2.75) is 24.0 Å². The van der Waals surface area contributed by atoms with Crippen LogP contribution in [-0.4, -0.2) is 53.7 Å². The maximum atomic E-state index is 14.2. The lowest BCUT2D eigenvalue weighted by Crippen LogP contribution is -2.46. The first-order valence-corrected chi connectivity index (χ1v) is 10.5. The molecule has 10 heteroatoms. The molecule has 7 N–H and O–H groups in total. The largest absolute Gasteiger partial charge is 0.405 e. The van der Waals surface area contributed by atoms with Crippen LogP contribution in [0.1, 0.15) is 12.0 Å². The Bertz CT molecular complexity index is 1000. The van der Waals surface area contributed by atoms with Crippen molar-refractivity contribution in [2.24, 2.45) is 16.5 Å². The number of hydrogen-bond donors (Lipinski definition) is 5. The molecule has 0 saturated carbocycles. The topological polar surface area (TPSA) is 138 Å². The van der Waals surface area contributed by atoms with Crippen LogP contribution in [0.5, 0.6) is 0 Å². The Labute approximate surface area is 195 Å². The third kappa shape index (κ3) is 7.37. The number of nitrogens with zero attached hydrogens (tertiary/aromatic N) is 1. The first-order valence-electron chi connectivity index (χ1n) is 10.1. The van der Waals surface area contributed by atoms with Gasteiger partial charge in [0.1, 0.15) is 12.0 Å². The van der Waals surface area contributed by atoms with Gasteiger partial charge in [-0.15, -0.1) is 11.6 Å². The maximum absolute atomic E-state index is 14.2. The quantitative estimate of drug-likeness (QED) is 0.260. The molecule has 0 fully saturated rings. The molecule has 1 unspecified atom stereocenters. The highest BCUT2D eigenvalue weighted by Crippen LogP contribution is 2.28. The third-order valence-corrected chi connectivity index (χ3v) is 5.17. The molecule has 7 nitrogen and oxygen atoms in total. The summed E-state index contributed by atoms with van der Waals surface area (Å²) >= 11 is 6.42.